The van der Waals surface area contributed by atoms with Crippen LogP contribution in [0.15, 0.2) is 52.3 Å². The first-order valence-electron chi connectivity index (χ1n) is 5.29. The maximum absolute atomic E-state index is 6.06. The van der Waals surface area contributed by atoms with E-state index in [4.69, 9.17) is 5.73 Å². The molecule has 0 aliphatic rings. The molecular weight excluding hydrogens is 294 g/mol. The number of rotatable bonds is 1. The molecule has 17 heavy (non-hydrogen) atoms. The van der Waals surface area contributed by atoms with Gasteiger partial charge in [0.2, 0.25) is 0 Å². The fourth-order valence-electron chi connectivity index (χ4n) is 1.99. The van der Waals surface area contributed by atoms with Crippen LogP contribution in [-0.4, -0.2) is 0 Å². The number of hydrogen-bond donors (Lipinski definition) is 1. The van der Waals surface area contributed by atoms with Crippen molar-refractivity contribution in [3.8, 4) is 11.1 Å². The van der Waals surface area contributed by atoms with E-state index in [2.05, 4.69) is 46.3 Å². The molecule has 1 heterocycles. The van der Waals surface area contributed by atoms with E-state index in [-0.39, 0.29) is 0 Å². The van der Waals surface area contributed by atoms with Crippen LogP contribution in [0.25, 0.3) is 21.2 Å². The third-order valence-electron chi connectivity index (χ3n) is 2.78. The SMILES string of the molecule is Nc1ccccc1-c1c(Br)sc2ccccc12. The summed E-state index contributed by atoms with van der Waals surface area (Å²) in [5.41, 5.74) is 9.16. The third kappa shape index (κ3) is 1.75. The Bertz CT molecular complexity index is 688. The zero-order valence-corrected chi connectivity index (χ0v) is 11.4. The van der Waals surface area contributed by atoms with Crippen molar-refractivity contribution in [2.45, 2.75) is 0 Å². The third-order valence-corrected chi connectivity index (χ3v) is 4.62. The van der Waals surface area contributed by atoms with Crippen LogP contribution in [0.3, 0.4) is 0 Å². The van der Waals surface area contributed by atoms with Crippen molar-refractivity contribution in [1.82, 2.24) is 0 Å². The molecule has 0 bridgehead atoms. The Morgan fingerprint density at radius 1 is 0.941 bits per heavy atom. The molecule has 0 saturated carbocycles. The van der Waals surface area contributed by atoms with Crippen molar-refractivity contribution in [1.29, 1.82) is 0 Å². The Morgan fingerprint density at radius 3 is 2.47 bits per heavy atom. The van der Waals surface area contributed by atoms with Crippen LogP contribution in [0, 0.1) is 0 Å². The summed E-state index contributed by atoms with van der Waals surface area (Å²) < 4.78 is 2.41. The van der Waals surface area contributed by atoms with E-state index >= 15 is 0 Å². The standard InChI is InChI=1S/C14H10BrNS/c15-14-13(9-5-1-3-7-11(9)16)10-6-2-4-8-12(10)17-14/h1-8H,16H2. The molecule has 0 aliphatic carbocycles. The van der Waals surface area contributed by atoms with Gasteiger partial charge in [0.25, 0.3) is 0 Å². The van der Waals surface area contributed by atoms with E-state index in [1.807, 2.05) is 18.2 Å². The lowest BCUT2D eigenvalue weighted by atomic mass is 10.0. The van der Waals surface area contributed by atoms with E-state index in [0.717, 1.165) is 15.0 Å². The Morgan fingerprint density at radius 2 is 1.65 bits per heavy atom. The first-order valence-corrected chi connectivity index (χ1v) is 6.90. The molecule has 2 N–H and O–H groups in total. The zero-order valence-electron chi connectivity index (χ0n) is 8.98. The van der Waals surface area contributed by atoms with Crippen molar-refractivity contribution in [3.63, 3.8) is 0 Å². The molecule has 0 amide bonds. The second-order valence-electron chi connectivity index (χ2n) is 3.83. The molecule has 0 fully saturated rings. The molecule has 1 aromatic heterocycles. The van der Waals surface area contributed by atoms with Gasteiger partial charge in [-0.2, -0.15) is 0 Å². The van der Waals surface area contributed by atoms with Crippen LogP contribution in [0.1, 0.15) is 0 Å². The molecule has 3 heteroatoms. The monoisotopic (exact) mass is 303 g/mol. The van der Waals surface area contributed by atoms with Gasteiger partial charge in [0, 0.05) is 26.9 Å². The minimum atomic E-state index is 0.816. The lowest BCUT2D eigenvalue weighted by Crippen LogP contribution is -1.88. The number of nitrogens with two attached hydrogens (primary N) is 1. The van der Waals surface area contributed by atoms with E-state index in [1.54, 1.807) is 11.3 Å². The number of hydrogen-bond acceptors (Lipinski definition) is 2. The smallest absolute Gasteiger partial charge is 0.0790 e. The quantitative estimate of drug-likeness (QED) is 0.635. The van der Waals surface area contributed by atoms with Crippen LogP contribution in [0.5, 0.6) is 0 Å². The van der Waals surface area contributed by atoms with E-state index < -0.39 is 0 Å². The molecule has 0 radical (unpaired) electrons. The summed E-state index contributed by atoms with van der Waals surface area (Å²) in [6.45, 7) is 0. The van der Waals surface area contributed by atoms with E-state index in [9.17, 15) is 0 Å². The van der Waals surface area contributed by atoms with Crippen LogP contribution < -0.4 is 5.73 Å². The number of nitrogen functional groups attached to an aromatic ring is 1. The van der Waals surface area contributed by atoms with Crippen molar-refractivity contribution >= 4 is 43.0 Å². The first-order chi connectivity index (χ1) is 8.27. The van der Waals surface area contributed by atoms with Gasteiger partial charge in [-0.15, -0.1) is 11.3 Å². The fourth-order valence-corrected chi connectivity index (χ4v) is 3.88. The van der Waals surface area contributed by atoms with Crippen LogP contribution in [0.4, 0.5) is 5.69 Å². The van der Waals surface area contributed by atoms with Gasteiger partial charge in [0.1, 0.15) is 0 Å². The Balaban J connectivity index is 2.38. The van der Waals surface area contributed by atoms with Gasteiger partial charge < -0.3 is 5.73 Å². The maximum atomic E-state index is 6.06. The number of fused-ring (bicyclic) bond motifs is 1. The first kappa shape index (κ1) is 10.8. The van der Waals surface area contributed by atoms with Crippen LogP contribution in [-0.2, 0) is 0 Å². The van der Waals surface area contributed by atoms with Gasteiger partial charge in [0.05, 0.1) is 3.79 Å². The number of anilines is 1. The van der Waals surface area contributed by atoms with Gasteiger partial charge in [-0.3, -0.25) is 0 Å². The maximum Gasteiger partial charge on any atom is 0.0790 e. The van der Waals surface area contributed by atoms with Gasteiger partial charge in [-0.25, -0.2) is 0 Å². The summed E-state index contributed by atoms with van der Waals surface area (Å²) in [7, 11) is 0. The summed E-state index contributed by atoms with van der Waals surface area (Å²) in [4.78, 5) is 0. The van der Waals surface area contributed by atoms with Crippen molar-refractivity contribution in [3.05, 3.63) is 52.3 Å². The molecule has 3 rings (SSSR count). The summed E-state index contributed by atoms with van der Waals surface area (Å²) in [6.07, 6.45) is 0. The highest BCUT2D eigenvalue weighted by Gasteiger charge is 2.13. The molecule has 84 valence electrons. The van der Waals surface area contributed by atoms with Gasteiger partial charge >= 0.3 is 0 Å². The summed E-state index contributed by atoms with van der Waals surface area (Å²) in [6, 6.07) is 16.4. The van der Waals surface area contributed by atoms with Crippen molar-refractivity contribution < 1.29 is 0 Å². The van der Waals surface area contributed by atoms with Gasteiger partial charge in [-0.05, 0) is 28.1 Å². The number of para-hydroxylation sites is 1. The number of thiophene rings is 1. The zero-order chi connectivity index (χ0) is 11.8. The van der Waals surface area contributed by atoms with Crippen LogP contribution in [0.2, 0.25) is 0 Å². The van der Waals surface area contributed by atoms with E-state index in [1.165, 1.54) is 15.6 Å². The molecule has 0 aliphatic heterocycles. The molecule has 2 aromatic carbocycles. The van der Waals surface area contributed by atoms with Crippen LogP contribution >= 0.6 is 27.3 Å². The van der Waals surface area contributed by atoms with Gasteiger partial charge in [0.15, 0.2) is 0 Å². The van der Waals surface area contributed by atoms with E-state index in [0.29, 0.717) is 0 Å². The molecule has 0 unspecified atom stereocenters. The lowest BCUT2D eigenvalue weighted by Gasteiger charge is -2.05. The molecular formula is C14H10BrNS. The second-order valence-corrected chi connectivity index (χ2v) is 6.20. The van der Waals surface area contributed by atoms with Crippen molar-refractivity contribution in [2.75, 3.05) is 5.73 Å². The minimum absolute atomic E-state index is 0.816. The highest BCUT2D eigenvalue weighted by molar-refractivity contribution is 9.11. The largest absolute Gasteiger partial charge is 0.398 e. The normalized spacial score (nSPS) is 10.9. The van der Waals surface area contributed by atoms with Gasteiger partial charge in [-0.1, -0.05) is 36.4 Å². The highest BCUT2D eigenvalue weighted by atomic mass is 79.9. The predicted octanol–water partition coefficient (Wildman–Crippen LogP) is 4.91. The minimum Gasteiger partial charge on any atom is -0.398 e. The topological polar surface area (TPSA) is 26.0 Å². The lowest BCUT2D eigenvalue weighted by molar-refractivity contribution is 1.66. The Labute approximate surface area is 112 Å². The average Bonchev–Trinajstić information content (AvgIpc) is 2.66. The highest BCUT2D eigenvalue weighted by Crippen LogP contribution is 2.43. The molecule has 0 atom stereocenters. The molecule has 0 saturated heterocycles. The number of halogens is 1. The second kappa shape index (κ2) is 4.17. The molecule has 0 spiro atoms. The summed E-state index contributed by atoms with van der Waals surface area (Å²) in [5.74, 6) is 0. The molecule has 3 aromatic rings. The summed E-state index contributed by atoms with van der Waals surface area (Å²) >= 11 is 5.39. The fraction of sp³-hybridized carbons (Fsp3) is 0. The summed E-state index contributed by atoms with van der Waals surface area (Å²) in [5, 5.41) is 1.25. The molecule has 1 nitrogen and oxygen atoms in total. The Kier molecular flexibility index (Phi) is 2.65. The Hall–Kier alpha value is -1.32. The average molecular weight is 304 g/mol. The predicted molar refractivity (Wildman–Crippen MR) is 79.4 cm³/mol. The van der Waals surface area contributed by atoms with Crippen molar-refractivity contribution in [2.24, 2.45) is 0 Å². The number of benzene rings is 2.